The number of H-pyrrole nitrogens is 1. The van der Waals surface area contributed by atoms with Gasteiger partial charge in [-0.05, 0) is 18.2 Å². The second kappa shape index (κ2) is 8.23. The van der Waals surface area contributed by atoms with E-state index in [2.05, 4.69) is 40.0 Å². The largest absolute Gasteiger partial charge is 0.433 e. The summed E-state index contributed by atoms with van der Waals surface area (Å²) in [5, 5.41) is 12.3. The van der Waals surface area contributed by atoms with Crippen molar-refractivity contribution in [2.45, 2.75) is 19.1 Å². The van der Waals surface area contributed by atoms with Crippen LogP contribution in [0.1, 0.15) is 33.8 Å². The van der Waals surface area contributed by atoms with Gasteiger partial charge in [-0.2, -0.15) is 13.9 Å². The molecule has 0 saturated heterocycles. The van der Waals surface area contributed by atoms with Gasteiger partial charge in [-0.3, -0.25) is 9.78 Å². The fourth-order valence-electron chi connectivity index (χ4n) is 4.08. The number of carbonyl (C=O) groups excluding carboxylic acids is 1. The topological polar surface area (TPSA) is 140 Å². The maximum Gasteiger partial charge on any atom is 0.387 e. The first-order valence-corrected chi connectivity index (χ1v) is 10.4. The van der Waals surface area contributed by atoms with Gasteiger partial charge < -0.3 is 19.0 Å². The number of aromatic amines is 1. The number of fused-ring (bicyclic) bond motifs is 2. The van der Waals surface area contributed by atoms with Crippen molar-refractivity contribution in [1.29, 1.82) is 0 Å². The van der Waals surface area contributed by atoms with Gasteiger partial charge in [0.15, 0.2) is 5.75 Å². The maximum absolute atomic E-state index is 13.5. The van der Waals surface area contributed by atoms with E-state index in [0.29, 0.717) is 35.6 Å². The molecule has 5 aromatic rings. The Morgan fingerprint density at radius 3 is 3.00 bits per heavy atom. The summed E-state index contributed by atoms with van der Waals surface area (Å²) in [6.07, 6.45) is 8.05. The average Bonchev–Trinajstić information content (AvgIpc) is 3.63. The van der Waals surface area contributed by atoms with E-state index in [1.165, 1.54) is 46.5 Å². The van der Waals surface area contributed by atoms with Crippen molar-refractivity contribution >= 4 is 11.4 Å². The van der Waals surface area contributed by atoms with Crippen LogP contribution < -0.4 is 4.74 Å². The summed E-state index contributed by atoms with van der Waals surface area (Å²) in [4.78, 5) is 30.5. The number of rotatable bonds is 5. The van der Waals surface area contributed by atoms with Crippen LogP contribution in [-0.2, 0) is 6.42 Å². The number of hydrogen-bond acceptors (Lipinski definition) is 9. The van der Waals surface area contributed by atoms with E-state index in [1.54, 1.807) is 12.3 Å². The van der Waals surface area contributed by atoms with E-state index in [1.807, 2.05) is 0 Å². The third-order valence-corrected chi connectivity index (χ3v) is 5.55. The monoisotopic (exact) mass is 479 g/mol. The van der Waals surface area contributed by atoms with Crippen molar-refractivity contribution in [3.05, 3.63) is 72.3 Å². The number of imidazole rings is 1. The number of halogens is 2. The Morgan fingerprint density at radius 2 is 2.17 bits per heavy atom. The molecule has 1 aliphatic rings. The molecular formula is C21H15F2N9O3. The zero-order chi connectivity index (χ0) is 23.9. The van der Waals surface area contributed by atoms with Crippen molar-refractivity contribution in [2.75, 3.05) is 6.54 Å². The highest BCUT2D eigenvalue weighted by Crippen LogP contribution is 2.35. The molecule has 0 aliphatic carbocycles. The molecule has 5 aromatic heterocycles. The molecule has 1 N–H and O–H groups in total. The van der Waals surface area contributed by atoms with Crippen LogP contribution >= 0.6 is 0 Å². The average molecular weight is 479 g/mol. The lowest BCUT2D eigenvalue weighted by molar-refractivity contribution is -0.0490. The van der Waals surface area contributed by atoms with Crippen LogP contribution in [0.4, 0.5) is 8.78 Å². The molecule has 12 nitrogen and oxygen atoms in total. The molecule has 176 valence electrons. The van der Waals surface area contributed by atoms with Gasteiger partial charge >= 0.3 is 18.4 Å². The third-order valence-electron chi connectivity index (χ3n) is 5.55. The highest BCUT2D eigenvalue weighted by Gasteiger charge is 2.38. The van der Waals surface area contributed by atoms with Crippen LogP contribution in [0.2, 0.25) is 0 Å². The third kappa shape index (κ3) is 3.64. The predicted molar refractivity (Wildman–Crippen MR) is 112 cm³/mol. The molecule has 6 heterocycles. The Morgan fingerprint density at radius 1 is 1.26 bits per heavy atom. The zero-order valence-electron chi connectivity index (χ0n) is 17.7. The molecule has 0 unspecified atom stereocenters. The molecular weight excluding hydrogens is 464 g/mol. The Labute approximate surface area is 194 Å². The quantitative estimate of drug-likeness (QED) is 0.402. The number of ether oxygens (including phenoxy) is 1. The molecule has 1 amide bonds. The van der Waals surface area contributed by atoms with Crippen LogP contribution in [0.15, 0.2) is 53.7 Å². The van der Waals surface area contributed by atoms with Gasteiger partial charge in [0, 0.05) is 37.3 Å². The smallest absolute Gasteiger partial charge is 0.387 e. The van der Waals surface area contributed by atoms with E-state index in [4.69, 9.17) is 4.42 Å². The summed E-state index contributed by atoms with van der Waals surface area (Å²) in [6.45, 7) is -2.69. The van der Waals surface area contributed by atoms with Crippen molar-refractivity contribution in [3.63, 3.8) is 0 Å². The second-order valence-corrected chi connectivity index (χ2v) is 7.57. The van der Waals surface area contributed by atoms with Crippen molar-refractivity contribution in [2.24, 2.45) is 0 Å². The Hall–Kier alpha value is -4.75. The van der Waals surface area contributed by atoms with Crippen molar-refractivity contribution < 1.29 is 22.7 Å². The Kier molecular flexibility index (Phi) is 4.90. The number of carbonyl (C=O) groups is 1. The molecule has 0 spiro atoms. The summed E-state index contributed by atoms with van der Waals surface area (Å²) in [7, 11) is 0. The summed E-state index contributed by atoms with van der Waals surface area (Å²) < 4.78 is 37.4. The summed E-state index contributed by atoms with van der Waals surface area (Å²) in [5.41, 5.74) is 2.48. The highest BCUT2D eigenvalue weighted by atomic mass is 19.3. The first-order valence-electron chi connectivity index (χ1n) is 10.4. The Bertz CT molecular complexity index is 1510. The molecule has 6 rings (SSSR count). The minimum Gasteiger partial charge on any atom is -0.433 e. The van der Waals surface area contributed by atoms with E-state index in [-0.39, 0.29) is 17.5 Å². The van der Waals surface area contributed by atoms with Crippen molar-refractivity contribution in [3.8, 4) is 17.3 Å². The van der Waals surface area contributed by atoms with Gasteiger partial charge in [-0.1, -0.05) is 0 Å². The van der Waals surface area contributed by atoms with E-state index in [0.717, 1.165) is 5.69 Å². The molecule has 1 aliphatic heterocycles. The van der Waals surface area contributed by atoms with E-state index < -0.39 is 18.6 Å². The lowest BCUT2D eigenvalue weighted by atomic mass is 9.99. The van der Waals surface area contributed by atoms with Crippen LogP contribution in [0.5, 0.6) is 5.75 Å². The van der Waals surface area contributed by atoms with Crippen LogP contribution in [-0.4, -0.2) is 63.7 Å². The standard InChI is InChI=1S/C21H15F2N9O3/c22-21(23)34-15-2-1-6-32-14(15)8-12(30-32)17-16-11(26-10-27-16)3-7-31(17)20(33)19-29-28-18(35-19)13-9-24-4-5-25-13/h1-2,4-6,8-10,17,21H,3,7H2,(H,26,27)/t17-/m0/s1. The number of nitrogens with zero attached hydrogens (tertiary/aromatic N) is 8. The first-order chi connectivity index (χ1) is 17.1. The van der Waals surface area contributed by atoms with Gasteiger partial charge in [0.2, 0.25) is 0 Å². The fourth-order valence-corrected chi connectivity index (χ4v) is 4.08. The number of hydrogen-bond donors (Lipinski definition) is 1. The first kappa shape index (κ1) is 20.8. The van der Waals surface area contributed by atoms with Gasteiger partial charge in [-0.25, -0.2) is 14.5 Å². The van der Waals surface area contributed by atoms with Gasteiger partial charge in [-0.15, -0.1) is 10.2 Å². The van der Waals surface area contributed by atoms with Gasteiger partial charge in [0.1, 0.15) is 17.3 Å². The molecule has 14 heteroatoms. The lowest BCUT2D eigenvalue weighted by Crippen LogP contribution is -2.41. The molecule has 0 bridgehead atoms. The number of nitrogens with one attached hydrogen (secondary N) is 1. The number of alkyl halides is 2. The molecule has 35 heavy (non-hydrogen) atoms. The summed E-state index contributed by atoms with van der Waals surface area (Å²) in [6, 6.07) is 3.82. The Balaban J connectivity index is 1.40. The minimum atomic E-state index is -2.99. The summed E-state index contributed by atoms with van der Waals surface area (Å²) >= 11 is 0. The molecule has 1 atom stereocenters. The number of amides is 1. The summed E-state index contributed by atoms with van der Waals surface area (Å²) in [5.74, 6) is -0.757. The van der Waals surface area contributed by atoms with E-state index >= 15 is 0 Å². The molecule has 0 radical (unpaired) electrons. The van der Waals surface area contributed by atoms with Gasteiger partial charge in [0.05, 0.1) is 23.9 Å². The van der Waals surface area contributed by atoms with E-state index in [9.17, 15) is 13.6 Å². The van der Waals surface area contributed by atoms with Crippen LogP contribution in [0.25, 0.3) is 17.1 Å². The zero-order valence-corrected chi connectivity index (χ0v) is 17.7. The fraction of sp³-hybridized carbons (Fsp3) is 0.190. The normalized spacial score (nSPS) is 15.5. The SMILES string of the molecule is O=C(c1nnc(-c2cnccn2)o1)N1CCc2[nH]cnc2[C@@H]1c1cc2c(OC(F)F)cccn2n1. The predicted octanol–water partition coefficient (Wildman–Crippen LogP) is 2.29. The number of pyridine rings is 1. The highest BCUT2D eigenvalue weighted by molar-refractivity contribution is 5.90. The van der Waals surface area contributed by atoms with Crippen LogP contribution in [0, 0.1) is 0 Å². The maximum atomic E-state index is 13.5. The van der Waals surface area contributed by atoms with Crippen molar-refractivity contribution in [1.82, 2.24) is 44.6 Å². The lowest BCUT2D eigenvalue weighted by Gasteiger charge is -2.32. The second-order valence-electron chi connectivity index (χ2n) is 7.57. The molecule has 0 saturated carbocycles. The molecule has 0 aromatic carbocycles. The number of aromatic nitrogens is 8. The molecule has 0 fully saturated rings. The van der Waals surface area contributed by atoms with Gasteiger partial charge in [0.25, 0.3) is 5.89 Å². The minimum absolute atomic E-state index is 0.0392. The van der Waals surface area contributed by atoms with Crippen LogP contribution in [0.3, 0.4) is 0 Å².